The standard InChI is InChI=1S/C16H21N3O/c1-14-13-17-19(8-7-18-9-11-20-12-10-18)16(14)15-5-3-2-4-6-15/h2-6,13H,7-12H2,1H3. The summed E-state index contributed by atoms with van der Waals surface area (Å²) in [7, 11) is 0. The minimum absolute atomic E-state index is 0.851. The van der Waals surface area contributed by atoms with Crippen LogP contribution in [0.3, 0.4) is 0 Å². The van der Waals surface area contributed by atoms with Crippen LogP contribution in [0.1, 0.15) is 5.56 Å². The fourth-order valence-electron chi connectivity index (χ4n) is 2.68. The number of hydrogen-bond donors (Lipinski definition) is 0. The summed E-state index contributed by atoms with van der Waals surface area (Å²) in [6, 6.07) is 10.5. The molecule has 0 spiro atoms. The maximum atomic E-state index is 5.38. The van der Waals surface area contributed by atoms with Crippen molar-refractivity contribution in [3.8, 4) is 11.3 Å². The summed E-state index contributed by atoms with van der Waals surface area (Å²) < 4.78 is 7.51. The Balaban J connectivity index is 1.74. The van der Waals surface area contributed by atoms with Crippen LogP contribution in [0.2, 0.25) is 0 Å². The smallest absolute Gasteiger partial charge is 0.0711 e. The average molecular weight is 271 g/mol. The first-order chi connectivity index (χ1) is 9.84. The Morgan fingerprint density at radius 1 is 1.10 bits per heavy atom. The summed E-state index contributed by atoms with van der Waals surface area (Å²) in [5.41, 5.74) is 3.71. The zero-order chi connectivity index (χ0) is 13.8. The molecule has 4 nitrogen and oxygen atoms in total. The quantitative estimate of drug-likeness (QED) is 0.854. The van der Waals surface area contributed by atoms with E-state index >= 15 is 0 Å². The Hall–Kier alpha value is -1.65. The van der Waals surface area contributed by atoms with E-state index in [9.17, 15) is 0 Å². The highest BCUT2D eigenvalue weighted by Crippen LogP contribution is 2.22. The van der Waals surface area contributed by atoms with Gasteiger partial charge in [0.15, 0.2) is 0 Å². The number of hydrogen-bond acceptors (Lipinski definition) is 3. The van der Waals surface area contributed by atoms with Gasteiger partial charge < -0.3 is 4.74 Å². The molecular weight excluding hydrogens is 250 g/mol. The molecule has 3 rings (SSSR count). The van der Waals surface area contributed by atoms with Gasteiger partial charge in [-0.25, -0.2) is 0 Å². The van der Waals surface area contributed by atoms with E-state index in [1.54, 1.807) is 0 Å². The SMILES string of the molecule is Cc1cnn(CCN2CCOCC2)c1-c1ccccc1. The lowest BCUT2D eigenvalue weighted by molar-refractivity contribution is 0.0360. The molecule has 1 fully saturated rings. The zero-order valence-corrected chi connectivity index (χ0v) is 12.0. The van der Waals surface area contributed by atoms with Crippen molar-refractivity contribution in [3.63, 3.8) is 0 Å². The Kier molecular flexibility index (Phi) is 4.14. The number of rotatable bonds is 4. The Bertz CT molecular complexity index is 544. The molecule has 1 aromatic heterocycles. The molecule has 0 N–H and O–H groups in total. The first-order valence-electron chi connectivity index (χ1n) is 7.22. The molecule has 1 saturated heterocycles. The highest BCUT2D eigenvalue weighted by atomic mass is 16.5. The summed E-state index contributed by atoms with van der Waals surface area (Å²) in [6.45, 7) is 7.85. The first-order valence-corrected chi connectivity index (χ1v) is 7.22. The Morgan fingerprint density at radius 2 is 1.85 bits per heavy atom. The molecule has 0 radical (unpaired) electrons. The van der Waals surface area contributed by atoms with Crippen molar-refractivity contribution < 1.29 is 4.74 Å². The van der Waals surface area contributed by atoms with Gasteiger partial charge in [0.05, 0.1) is 31.6 Å². The van der Waals surface area contributed by atoms with Crippen molar-refractivity contribution in [2.24, 2.45) is 0 Å². The summed E-state index contributed by atoms with van der Waals surface area (Å²) in [5.74, 6) is 0. The minimum Gasteiger partial charge on any atom is -0.379 e. The van der Waals surface area contributed by atoms with E-state index in [-0.39, 0.29) is 0 Å². The maximum Gasteiger partial charge on any atom is 0.0711 e. The van der Waals surface area contributed by atoms with Gasteiger partial charge in [0.2, 0.25) is 0 Å². The molecule has 20 heavy (non-hydrogen) atoms. The van der Waals surface area contributed by atoms with Crippen LogP contribution in [0.4, 0.5) is 0 Å². The molecule has 0 unspecified atom stereocenters. The summed E-state index contributed by atoms with van der Waals surface area (Å²) in [4.78, 5) is 2.44. The molecule has 0 atom stereocenters. The lowest BCUT2D eigenvalue weighted by atomic mass is 10.1. The highest BCUT2D eigenvalue weighted by molar-refractivity contribution is 5.62. The molecule has 1 aliphatic rings. The van der Waals surface area contributed by atoms with Gasteiger partial charge in [0.1, 0.15) is 0 Å². The maximum absolute atomic E-state index is 5.38. The Morgan fingerprint density at radius 3 is 2.60 bits per heavy atom. The Labute approximate surface area is 120 Å². The second kappa shape index (κ2) is 6.20. The van der Waals surface area contributed by atoms with Crippen molar-refractivity contribution in [2.75, 3.05) is 32.8 Å². The molecular formula is C16H21N3O. The number of benzene rings is 1. The van der Waals surface area contributed by atoms with Crippen LogP contribution in [0.25, 0.3) is 11.3 Å². The molecule has 2 aromatic rings. The van der Waals surface area contributed by atoms with Crippen LogP contribution in [-0.4, -0.2) is 47.5 Å². The van der Waals surface area contributed by atoms with Crippen molar-refractivity contribution in [1.82, 2.24) is 14.7 Å². The summed E-state index contributed by atoms with van der Waals surface area (Å²) >= 11 is 0. The number of nitrogens with zero attached hydrogens (tertiary/aromatic N) is 3. The van der Waals surface area contributed by atoms with Crippen molar-refractivity contribution >= 4 is 0 Å². The van der Waals surface area contributed by atoms with Crippen LogP contribution >= 0.6 is 0 Å². The van der Waals surface area contributed by atoms with Gasteiger partial charge in [-0.3, -0.25) is 9.58 Å². The van der Waals surface area contributed by atoms with Gasteiger partial charge in [0, 0.05) is 25.2 Å². The second-order valence-electron chi connectivity index (χ2n) is 5.22. The first kappa shape index (κ1) is 13.3. The van der Waals surface area contributed by atoms with E-state index in [1.165, 1.54) is 16.8 Å². The van der Waals surface area contributed by atoms with Gasteiger partial charge in [-0.15, -0.1) is 0 Å². The van der Waals surface area contributed by atoms with Crippen LogP contribution in [-0.2, 0) is 11.3 Å². The van der Waals surface area contributed by atoms with Crippen molar-refractivity contribution in [2.45, 2.75) is 13.5 Å². The predicted molar refractivity (Wildman–Crippen MR) is 79.7 cm³/mol. The van der Waals surface area contributed by atoms with E-state index in [0.29, 0.717) is 0 Å². The van der Waals surface area contributed by atoms with Gasteiger partial charge in [0.25, 0.3) is 0 Å². The van der Waals surface area contributed by atoms with Gasteiger partial charge in [-0.2, -0.15) is 5.10 Å². The number of aryl methyl sites for hydroxylation is 1. The van der Waals surface area contributed by atoms with E-state index in [0.717, 1.165) is 39.4 Å². The highest BCUT2D eigenvalue weighted by Gasteiger charge is 2.13. The monoisotopic (exact) mass is 271 g/mol. The zero-order valence-electron chi connectivity index (χ0n) is 12.0. The van der Waals surface area contributed by atoms with Gasteiger partial charge >= 0.3 is 0 Å². The normalized spacial score (nSPS) is 16.4. The number of aromatic nitrogens is 2. The predicted octanol–water partition coefficient (Wildman–Crippen LogP) is 2.19. The third-order valence-corrected chi connectivity index (χ3v) is 3.80. The molecule has 0 saturated carbocycles. The molecule has 106 valence electrons. The average Bonchev–Trinajstić information content (AvgIpc) is 2.88. The lowest BCUT2D eigenvalue weighted by Gasteiger charge is -2.26. The van der Waals surface area contributed by atoms with Crippen LogP contribution in [0, 0.1) is 6.92 Å². The third kappa shape index (κ3) is 2.92. The van der Waals surface area contributed by atoms with Crippen LogP contribution in [0.15, 0.2) is 36.5 Å². The molecule has 0 amide bonds. The minimum atomic E-state index is 0.851. The molecule has 1 aromatic carbocycles. The van der Waals surface area contributed by atoms with E-state index in [2.05, 4.69) is 45.9 Å². The fourth-order valence-corrected chi connectivity index (χ4v) is 2.68. The van der Waals surface area contributed by atoms with Crippen molar-refractivity contribution in [1.29, 1.82) is 0 Å². The molecule has 1 aliphatic heterocycles. The number of morpholine rings is 1. The van der Waals surface area contributed by atoms with E-state index in [1.807, 2.05) is 12.3 Å². The van der Waals surface area contributed by atoms with Crippen molar-refractivity contribution in [3.05, 3.63) is 42.1 Å². The largest absolute Gasteiger partial charge is 0.379 e. The van der Waals surface area contributed by atoms with Gasteiger partial charge in [-0.05, 0) is 12.5 Å². The summed E-state index contributed by atoms with van der Waals surface area (Å²) in [5, 5.41) is 4.54. The van der Waals surface area contributed by atoms with Crippen LogP contribution < -0.4 is 0 Å². The van der Waals surface area contributed by atoms with E-state index in [4.69, 9.17) is 4.74 Å². The van der Waals surface area contributed by atoms with E-state index < -0.39 is 0 Å². The molecule has 0 bridgehead atoms. The molecule has 0 aliphatic carbocycles. The third-order valence-electron chi connectivity index (χ3n) is 3.80. The number of ether oxygens (including phenoxy) is 1. The molecule has 4 heteroatoms. The summed E-state index contributed by atoms with van der Waals surface area (Å²) in [6.07, 6.45) is 1.96. The second-order valence-corrected chi connectivity index (χ2v) is 5.22. The van der Waals surface area contributed by atoms with Crippen LogP contribution in [0.5, 0.6) is 0 Å². The topological polar surface area (TPSA) is 30.3 Å². The molecule has 2 heterocycles. The van der Waals surface area contributed by atoms with Gasteiger partial charge in [-0.1, -0.05) is 30.3 Å². The fraction of sp³-hybridized carbons (Fsp3) is 0.438. The lowest BCUT2D eigenvalue weighted by Crippen LogP contribution is -2.38.